The standard InChI is InChI=1S/C13H14BrN3O4S2/c1-2-15-23(20,21)12-11(18)10(7-22-12)17-13(19)16-9-6-4-3-5-8(9)14/h3-7,15,18H,2H2,1H3,(H2,16,17,19). The summed E-state index contributed by atoms with van der Waals surface area (Å²) in [5, 5.41) is 16.4. The van der Waals surface area contributed by atoms with E-state index in [-0.39, 0.29) is 16.4 Å². The molecule has 0 spiro atoms. The molecule has 0 fully saturated rings. The zero-order valence-electron chi connectivity index (χ0n) is 12.0. The van der Waals surface area contributed by atoms with E-state index in [1.165, 1.54) is 5.38 Å². The number of thiophene rings is 1. The highest BCUT2D eigenvalue weighted by Crippen LogP contribution is 2.37. The molecule has 2 aromatic rings. The van der Waals surface area contributed by atoms with E-state index >= 15 is 0 Å². The van der Waals surface area contributed by atoms with Crippen LogP contribution in [0.25, 0.3) is 0 Å². The Morgan fingerprint density at radius 2 is 1.91 bits per heavy atom. The lowest BCUT2D eigenvalue weighted by atomic mass is 10.3. The summed E-state index contributed by atoms with van der Waals surface area (Å²) in [4.78, 5) is 12.0. The van der Waals surface area contributed by atoms with Crippen LogP contribution >= 0.6 is 27.3 Å². The third-order valence-corrected chi connectivity index (χ3v) is 6.43. The summed E-state index contributed by atoms with van der Waals surface area (Å²) in [6.45, 7) is 1.83. The van der Waals surface area contributed by atoms with Gasteiger partial charge in [0.1, 0.15) is 0 Å². The number of hydrogen-bond donors (Lipinski definition) is 4. The van der Waals surface area contributed by atoms with Gasteiger partial charge in [-0.3, -0.25) is 0 Å². The van der Waals surface area contributed by atoms with E-state index in [1.54, 1.807) is 31.2 Å². The Morgan fingerprint density at radius 1 is 1.26 bits per heavy atom. The molecule has 1 aromatic heterocycles. The fraction of sp³-hybridized carbons (Fsp3) is 0.154. The van der Waals surface area contributed by atoms with Crippen molar-refractivity contribution in [3.05, 3.63) is 34.1 Å². The normalized spacial score (nSPS) is 11.2. The average Bonchev–Trinajstić information content (AvgIpc) is 2.83. The largest absolute Gasteiger partial charge is 0.504 e. The first-order valence-corrected chi connectivity index (χ1v) is 9.63. The lowest BCUT2D eigenvalue weighted by Crippen LogP contribution is -2.22. The molecular weight excluding hydrogens is 406 g/mol. The quantitative estimate of drug-likeness (QED) is 0.596. The van der Waals surface area contributed by atoms with Crippen LogP contribution in [-0.4, -0.2) is 26.1 Å². The Balaban J connectivity index is 2.14. The molecule has 0 aliphatic carbocycles. The van der Waals surface area contributed by atoms with Crippen LogP contribution < -0.4 is 15.4 Å². The SMILES string of the molecule is CCNS(=O)(=O)c1scc(NC(=O)Nc2ccccc2Br)c1O. The molecule has 10 heteroatoms. The number of hydrogen-bond acceptors (Lipinski definition) is 5. The van der Waals surface area contributed by atoms with Crippen molar-refractivity contribution in [1.82, 2.24) is 4.72 Å². The first-order valence-electron chi connectivity index (χ1n) is 6.47. The van der Waals surface area contributed by atoms with Gasteiger partial charge < -0.3 is 15.7 Å². The predicted octanol–water partition coefficient (Wildman–Crippen LogP) is 3.16. The number of anilines is 2. The summed E-state index contributed by atoms with van der Waals surface area (Å²) in [6, 6.07) is 6.41. The third kappa shape index (κ3) is 4.22. The van der Waals surface area contributed by atoms with Crippen molar-refractivity contribution in [2.24, 2.45) is 0 Å². The average molecular weight is 420 g/mol. The van der Waals surface area contributed by atoms with Crippen molar-refractivity contribution in [2.75, 3.05) is 17.2 Å². The van der Waals surface area contributed by atoms with Crippen molar-refractivity contribution in [3.63, 3.8) is 0 Å². The number of benzene rings is 1. The number of urea groups is 1. The Labute approximate surface area is 145 Å². The molecule has 2 rings (SSSR count). The zero-order valence-corrected chi connectivity index (χ0v) is 15.2. The highest BCUT2D eigenvalue weighted by Gasteiger charge is 2.23. The minimum Gasteiger partial charge on any atom is -0.504 e. The Kier molecular flexibility index (Phi) is 5.63. The van der Waals surface area contributed by atoms with Crippen LogP contribution in [-0.2, 0) is 10.0 Å². The molecule has 0 radical (unpaired) electrons. The molecule has 0 unspecified atom stereocenters. The molecular formula is C13H14BrN3O4S2. The van der Waals surface area contributed by atoms with E-state index in [2.05, 4.69) is 31.3 Å². The van der Waals surface area contributed by atoms with Gasteiger partial charge in [-0.2, -0.15) is 0 Å². The van der Waals surface area contributed by atoms with Crippen LogP contribution in [0.4, 0.5) is 16.2 Å². The summed E-state index contributed by atoms with van der Waals surface area (Å²) in [5.74, 6) is -0.488. The maximum atomic E-state index is 12.0. The number of carbonyl (C=O) groups excluding carboxylic acids is 1. The minimum atomic E-state index is -3.78. The van der Waals surface area contributed by atoms with Crippen molar-refractivity contribution in [2.45, 2.75) is 11.1 Å². The maximum absolute atomic E-state index is 12.0. The van der Waals surface area contributed by atoms with Gasteiger partial charge in [-0.1, -0.05) is 19.1 Å². The number of para-hydroxylation sites is 1. The molecule has 1 heterocycles. The lowest BCUT2D eigenvalue weighted by molar-refractivity contribution is 0.262. The molecule has 0 bridgehead atoms. The van der Waals surface area contributed by atoms with Crippen molar-refractivity contribution in [1.29, 1.82) is 0 Å². The number of aromatic hydroxyl groups is 1. The summed E-state index contributed by atoms with van der Waals surface area (Å²) in [6.07, 6.45) is 0. The van der Waals surface area contributed by atoms with Crippen molar-refractivity contribution < 1.29 is 18.3 Å². The van der Waals surface area contributed by atoms with Gasteiger partial charge in [0.25, 0.3) is 10.0 Å². The number of sulfonamides is 1. The topological polar surface area (TPSA) is 108 Å². The van der Waals surface area contributed by atoms with Gasteiger partial charge in [0, 0.05) is 16.4 Å². The number of amides is 2. The Bertz CT molecular complexity index is 820. The van der Waals surface area contributed by atoms with Crippen LogP contribution in [0.5, 0.6) is 5.75 Å². The first-order chi connectivity index (χ1) is 10.8. The molecule has 0 aliphatic heterocycles. The fourth-order valence-electron chi connectivity index (χ4n) is 1.71. The second-order valence-corrected chi connectivity index (χ2v) is 8.04. The fourth-order valence-corrected chi connectivity index (χ4v) is 4.41. The van der Waals surface area contributed by atoms with Gasteiger partial charge >= 0.3 is 6.03 Å². The van der Waals surface area contributed by atoms with Gasteiger partial charge in [-0.25, -0.2) is 17.9 Å². The van der Waals surface area contributed by atoms with Gasteiger partial charge in [0.05, 0.1) is 11.4 Å². The maximum Gasteiger partial charge on any atom is 0.323 e. The number of carbonyl (C=O) groups is 1. The van der Waals surface area contributed by atoms with Crippen LogP contribution in [0.3, 0.4) is 0 Å². The molecule has 23 heavy (non-hydrogen) atoms. The summed E-state index contributed by atoms with van der Waals surface area (Å²) < 4.78 is 26.5. The minimum absolute atomic E-state index is 0.0241. The molecule has 0 atom stereocenters. The van der Waals surface area contributed by atoms with E-state index in [0.29, 0.717) is 10.2 Å². The second-order valence-electron chi connectivity index (χ2n) is 4.35. The van der Waals surface area contributed by atoms with Crippen LogP contribution in [0.1, 0.15) is 6.92 Å². The van der Waals surface area contributed by atoms with Crippen LogP contribution in [0.15, 0.2) is 38.3 Å². The summed E-state index contributed by atoms with van der Waals surface area (Å²) >= 11 is 4.12. The first kappa shape index (κ1) is 17.7. The molecule has 0 aliphatic rings. The molecule has 7 nitrogen and oxygen atoms in total. The Hall–Kier alpha value is -1.62. The van der Waals surface area contributed by atoms with Gasteiger partial charge in [0.2, 0.25) is 0 Å². The number of rotatable bonds is 5. The van der Waals surface area contributed by atoms with E-state index < -0.39 is 21.8 Å². The van der Waals surface area contributed by atoms with E-state index in [0.717, 1.165) is 11.3 Å². The highest BCUT2D eigenvalue weighted by molar-refractivity contribution is 9.10. The predicted molar refractivity (Wildman–Crippen MR) is 93.6 cm³/mol. The lowest BCUT2D eigenvalue weighted by Gasteiger charge is -2.08. The second kappa shape index (κ2) is 7.30. The molecule has 4 N–H and O–H groups in total. The molecule has 0 saturated carbocycles. The monoisotopic (exact) mass is 419 g/mol. The summed E-state index contributed by atoms with van der Waals surface area (Å²) in [5.41, 5.74) is 0.566. The number of halogens is 1. The van der Waals surface area contributed by atoms with Gasteiger partial charge in [-0.05, 0) is 28.1 Å². The molecule has 124 valence electrons. The third-order valence-electron chi connectivity index (χ3n) is 2.68. The summed E-state index contributed by atoms with van der Waals surface area (Å²) in [7, 11) is -3.78. The smallest absolute Gasteiger partial charge is 0.323 e. The van der Waals surface area contributed by atoms with Crippen molar-refractivity contribution >= 4 is 54.7 Å². The van der Waals surface area contributed by atoms with E-state index in [9.17, 15) is 18.3 Å². The van der Waals surface area contributed by atoms with Crippen LogP contribution in [0, 0.1) is 0 Å². The zero-order chi connectivity index (χ0) is 17.0. The Morgan fingerprint density at radius 3 is 2.57 bits per heavy atom. The molecule has 2 amide bonds. The van der Waals surface area contributed by atoms with Gasteiger partial charge in [0.15, 0.2) is 9.96 Å². The highest BCUT2D eigenvalue weighted by atomic mass is 79.9. The van der Waals surface area contributed by atoms with Crippen LogP contribution in [0.2, 0.25) is 0 Å². The van der Waals surface area contributed by atoms with E-state index in [4.69, 9.17) is 0 Å². The van der Waals surface area contributed by atoms with E-state index in [1.807, 2.05) is 0 Å². The number of nitrogens with one attached hydrogen (secondary N) is 3. The van der Waals surface area contributed by atoms with Crippen molar-refractivity contribution in [3.8, 4) is 5.75 Å². The van der Waals surface area contributed by atoms with Gasteiger partial charge in [-0.15, -0.1) is 11.3 Å². The molecule has 0 saturated heterocycles. The molecule has 1 aromatic carbocycles.